The van der Waals surface area contributed by atoms with Gasteiger partial charge in [-0.25, -0.2) is 0 Å². The monoisotopic (exact) mass is 234 g/mol. The number of carbonyl (C=O) groups is 1. The summed E-state index contributed by atoms with van der Waals surface area (Å²) >= 11 is 3.41. The average molecular weight is 235 g/mol. The van der Waals surface area contributed by atoms with E-state index in [2.05, 4.69) is 29.8 Å². The van der Waals surface area contributed by atoms with Crippen molar-refractivity contribution < 1.29 is 4.79 Å². The van der Waals surface area contributed by atoms with E-state index in [9.17, 15) is 4.79 Å². The largest absolute Gasteiger partial charge is 0.298 e. The lowest BCUT2D eigenvalue weighted by molar-refractivity contribution is -0.124. The van der Waals surface area contributed by atoms with Crippen LogP contribution in [0.1, 0.15) is 47.0 Å². The van der Waals surface area contributed by atoms with E-state index >= 15 is 0 Å². The van der Waals surface area contributed by atoms with Gasteiger partial charge in [0, 0.05) is 5.92 Å². The van der Waals surface area contributed by atoms with Crippen molar-refractivity contribution in [3.8, 4) is 0 Å². The van der Waals surface area contributed by atoms with Crippen molar-refractivity contribution in [1.29, 1.82) is 0 Å². The molecule has 0 aromatic rings. The number of Topliss-reactive ketones (excluding diaryl/α,β-unsaturated/α-hetero) is 1. The molecule has 1 atom stereocenters. The fraction of sp³-hybridized carbons (Fsp3) is 0.900. The molecule has 0 radical (unpaired) electrons. The van der Waals surface area contributed by atoms with E-state index in [1.165, 1.54) is 0 Å². The standard InChI is InChI=1S/C10H19BrO/c1-5-7-8(6-2)9(12)10(3,4)11/h8H,5-7H2,1-4H3. The smallest absolute Gasteiger partial charge is 0.152 e. The molecule has 0 aliphatic heterocycles. The number of hydrogen-bond donors (Lipinski definition) is 0. The summed E-state index contributed by atoms with van der Waals surface area (Å²) in [5.41, 5.74) is 0. The van der Waals surface area contributed by atoms with Gasteiger partial charge in [-0.1, -0.05) is 36.2 Å². The molecule has 0 amide bonds. The molecule has 0 aromatic carbocycles. The van der Waals surface area contributed by atoms with Crippen LogP contribution in [0.3, 0.4) is 0 Å². The lowest BCUT2D eigenvalue weighted by Crippen LogP contribution is -2.31. The van der Waals surface area contributed by atoms with E-state index in [0.717, 1.165) is 19.3 Å². The Morgan fingerprint density at radius 3 is 2.17 bits per heavy atom. The zero-order valence-corrected chi connectivity index (χ0v) is 10.1. The summed E-state index contributed by atoms with van der Waals surface area (Å²) in [7, 11) is 0. The molecule has 2 heteroatoms. The van der Waals surface area contributed by atoms with Gasteiger partial charge in [-0.05, 0) is 26.7 Å². The van der Waals surface area contributed by atoms with Gasteiger partial charge in [0.2, 0.25) is 0 Å². The number of hydrogen-bond acceptors (Lipinski definition) is 1. The van der Waals surface area contributed by atoms with Gasteiger partial charge < -0.3 is 0 Å². The normalized spacial score (nSPS) is 14.4. The van der Waals surface area contributed by atoms with Crippen LogP contribution < -0.4 is 0 Å². The van der Waals surface area contributed by atoms with Gasteiger partial charge in [-0.3, -0.25) is 4.79 Å². The first kappa shape index (κ1) is 12.2. The fourth-order valence-electron chi connectivity index (χ4n) is 1.35. The average Bonchev–Trinajstić information content (AvgIpc) is 1.97. The number of alkyl halides is 1. The van der Waals surface area contributed by atoms with E-state index in [0.29, 0.717) is 5.78 Å². The summed E-state index contributed by atoms with van der Waals surface area (Å²) in [6.45, 7) is 8.05. The minimum absolute atomic E-state index is 0.240. The second-order valence-corrected chi connectivity index (χ2v) is 5.71. The highest BCUT2D eigenvalue weighted by atomic mass is 79.9. The lowest BCUT2D eigenvalue weighted by atomic mass is 9.89. The van der Waals surface area contributed by atoms with Gasteiger partial charge in [0.05, 0.1) is 4.32 Å². The summed E-state index contributed by atoms with van der Waals surface area (Å²) in [6, 6.07) is 0. The first-order valence-corrected chi connectivity index (χ1v) is 5.46. The highest BCUT2D eigenvalue weighted by Crippen LogP contribution is 2.25. The molecule has 1 unspecified atom stereocenters. The second kappa shape index (κ2) is 5.00. The summed E-state index contributed by atoms with van der Waals surface area (Å²) in [4.78, 5) is 11.7. The molecule has 0 bridgehead atoms. The number of ketones is 1. The third-order valence-corrected chi connectivity index (χ3v) is 2.48. The second-order valence-electron chi connectivity index (χ2n) is 3.73. The van der Waals surface area contributed by atoms with Crippen LogP contribution in [0.5, 0.6) is 0 Å². The minimum atomic E-state index is -0.344. The zero-order chi connectivity index (χ0) is 9.78. The Labute approximate surface area is 84.1 Å². The molecule has 0 spiro atoms. The van der Waals surface area contributed by atoms with Crippen molar-refractivity contribution in [1.82, 2.24) is 0 Å². The van der Waals surface area contributed by atoms with Crippen molar-refractivity contribution in [2.75, 3.05) is 0 Å². The fourth-order valence-corrected chi connectivity index (χ4v) is 1.68. The molecule has 12 heavy (non-hydrogen) atoms. The summed E-state index contributed by atoms with van der Waals surface area (Å²) in [5.74, 6) is 0.580. The molecule has 0 aliphatic carbocycles. The molecule has 0 aromatic heterocycles. The first-order chi connectivity index (χ1) is 5.43. The van der Waals surface area contributed by atoms with Crippen LogP contribution in [0, 0.1) is 5.92 Å². The van der Waals surface area contributed by atoms with E-state index in [1.54, 1.807) is 0 Å². The molecule has 0 aliphatic rings. The van der Waals surface area contributed by atoms with E-state index in [1.807, 2.05) is 13.8 Å². The predicted molar refractivity (Wildman–Crippen MR) is 56.7 cm³/mol. The summed E-state index contributed by atoms with van der Waals surface area (Å²) in [5, 5.41) is 0. The van der Waals surface area contributed by atoms with Crippen LogP contribution in [-0.4, -0.2) is 10.1 Å². The predicted octanol–water partition coefficient (Wildman–Crippen LogP) is 3.56. The van der Waals surface area contributed by atoms with Crippen molar-refractivity contribution in [2.45, 2.75) is 51.3 Å². The Morgan fingerprint density at radius 1 is 1.42 bits per heavy atom. The Balaban J connectivity index is 4.22. The minimum Gasteiger partial charge on any atom is -0.298 e. The van der Waals surface area contributed by atoms with Crippen LogP contribution in [-0.2, 0) is 4.79 Å². The van der Waals surface area contributed by atoms with Crippen LogP contribution in [0.15, 0.2) is 0 Å². The van der Waals surface area contributed by atoms with Crippen LogP contribution >= 0.6 is 15.9 Å². The number of carbonyl (C=O) groups excluding carboxylic acids is 1. The molecular formula is C10H19BrO. The quantitative estimate of drug-likeness (QED) is 0.666. The number of halogens is 1. The van der Waals surface area contributed by atoms with Crippen LogP contribution in [0.2, 0.25) is 0 Å². The van der Waals surface area contributed by atoms with Crippen molar-refractivity contribution in [3.05, 3.63) is 0 Å². The lowest BCUT2D eigenvalue weighted by Gasteiger charge is -2.21. The molecule has 1 nitrogen and oxygen atoms in total. The zero-order valence-electron chi connectivity index (χ0n) is 8.48. The maximum Gasteiger partial charge on any atom is 0.152 e. The molecule has 0 N–H and O–H groups in total. The topological polar surface area (TPSA) is 17.1 Å². The van der Waals surface area contributed by atoms with Crippen molar-refractivity contribution in [2.24, 2.45) is 5.92 Å². The molecule has 72 valence electrons. The first-order valence-electron chi connectivity index (χ1n) is 4.66. The summed E-state index contributed by atoms with van der Waals surface area (Å²) in [6.07, 6.45) is 3.07. The van der Waals surface area contributed by atoms with Gasteiger partial charge in [0.25, 0.3) is 0 Å². The van der Waals surface area contributed by atoms with Gasteiger partial charge in [0.1, 0.15) is 0 Å². The van der Waals surface area contributed by atoms with E-state index < -0.39 is 0 Å². The number of rotatable bonds is 5. The van der Waals surface area contributed by atoms with Gasteiger partial charge in [0.15, 0.2) is 5.78 Å². The summed E-state index contributed by atoms with van der Waals surface area (Å²) < 4.78 is -0.344. The molecule has 0 rings (SSSR count). The van der Waals surface area contributed by atoms with Gasteiger partial charge in [-0.2, -0.15) is 0 Å². The third kappa shape index (κ3) is 3.70. The van der Waals surface area contributed by atoms with Crippen molar-refractivity contribution in [3.63, 3.8) is 0 Å². The molecule has 0 fully saturated rings. The Kier molecular flexibility index (Phi) is 5.07. The Bertz CT molecular complexity index is 146. The van der Waals surface area contributed by atoms with Gasteiger partial charge in [-0.15, -0.1) is 0 Å². The maximum absolute atomic E-state index is 11.7. The Hall–Kier alpha value is 0.150. The highest BCUT2D eigenvalue weighted by Gasteiger charge is 2.29. The van der Waals surface area contributed by atoms with Gasteiger partial charge >= 0.3 is 0 Å². The molecule has 0 saturated carbocycles. The molecule has 0 heterocycles. The Morgan fingerprint density at radius 2 is 1.92 bits per heavy atom. The SMILES string of the molecule is CCCC(CC)C(=O)C(C)(C)Br. The molecular weight excluding hydrogens is 216 g/mol. The van der Waals surface area contributed by atoms with Crippen molar-refractivity contribution >= 4 is 21.7 Å². The van der Waals surface area contributed by atoms with Crippen LogP contribution in [0.4, 0.5) is 0 Å². The highest BCUT2D eigenvalue weighted by molar-refractivity contribution is 9.10. The third-order valence-electron chi connectivity index (χ3n) is 2.09. The van der Waals surface area contributed by atoms with E-state index in [4.69, 9.17) is 0 Å². The van der Waals surface area contributed by atoms with Crippen LogP contribution in [0.25, 0.3) is 0 Å². The maximum atomic E-state index is 11.7. The molecule has 0 saturated heterocycles. The van der Waals surface area contributed by atoms with E-state index in [-0.39, 0.29) is 10.2 Å².